The Labute approximate surface area is 142 Å². The summed E-state index contributed by atoms with van der Waals surface area (Å²) in [6, 6.07) is 14.2. The minimum absolute atomic E-state index is 0.107. The number of ether oxygens (including phenoxy) is 1. The van der Waals surface area contributed by atoms with Crippen LogP contribution in [0, 0.1) is 12.7 Å². The molecule has 1 heterocycles. The number of hydrogen-bond donors (Lipinski definition) is 0. The number of hydrogen-bond acceptors (Lipinski definition) is 2. The van der Waals surface area contributed by atoms with Crippen molar-refractivity contribution in [2.45, 2.75) is 32.4 Å². The van der Waals surface area contributed by atoms with Crippen LogP contribution in [0.3, 0.4) is 0 Å². The normalized spacial score (nSPS) is 20.0. The molecule has 1 aliphatic rings. The molecular weight excluding hydrogens is 305 g/mol. The number of aryl methyl sites for hydroxylation is 1. The first-order valence-electron chi connectivity index (χ1n) is 8.13. The van der Waals surface area contributed by atoms with Crippen LogP contribution in [-0.4, -0.2) is 29.5 Å². The summed E-state index contributed by atoms with van der Waals surface area (Å²) in [6.45, 7) is 6.73. The first-order valence-corrected chi connectivity index (χ1v) is 8.13. The lowest BCUT2D eigenvalue weighted by molar-refractivity contribution is -0.0847. The highest BCUT2D eigenvalue weighted by molar-refractivity contribution is 5.95. The predicted octanol–water partition coefficient (Wildman–Crippen LogP) is 4.13. The minimum Gasteiger partial charge on any atom is -0.369 e. The van der Waals surface area contributed by atoms with Crippen LogP contribution >= 0.6 is 0 Å². The van der Waals surface area contributed by atoms with Gasteiger partial charge in [-0.25, -0.2) is 4.39 Å². The van der Waals surface area contributed by atoms with Crippen LogP contribution in [0.4, 0.5) is 4.39 Å². The zero-order valence-corrected chi connectivity index (χ0v) is 14.3. The van der Waals surface area contributed by atoms with Gasteiger partial charge < -0.3 is 9.64 Å². The van der Waals surface area contributed by atoms with Gasteiger partial charge in [-0.1, -0.05) is 42.0 Å². The Hall–Kier alpha value is -2.20. The van der Waals surface area contributed by atoms with E-state index in [1.807, 2.05) is 45.0 Å². The molecule has 0 aliphatic carbocycles. The zero-order valence-electron chi connectivity index (χ0n) is 14.3. The van der Waals surface area contributed by atoms with Crippen molar-refractivity contribution >= 4 is 5.91 Å². The highest BCUT2D eigenvalue weighted by atomic mass is 19.1. The van der Waals surface area contributed by atoms with Crippen molar-refractivity contribution < 1.29 is 13.9 Å². The van der Waals surface area contributed by atoms with E-state index >= 15 is 0 Å². The summed E-state index contributed by atoms with van der Waals surface area (Å²) in [6.07, 6.45) is -0.200. The van der Waals surface area contributed by atoms with Crippen LogP contribution in [0.25, 0.3) is 0 Å². The van der Waals surface area contributed by atoms with Gasteiger partial charge in [0.1, 0.15) is 11.9 Å². The molecule has 0 aromatic heterocycles. The Morgan fingerprint density at radius 2 is 1.83 bits per heavy atom. The molecule has 0 bridgehead atoms. The zero-order chi connectivity index (χ0) is 17.3. The van der Waals surface area contributed by atoms with Crippen molar-refractivity contribution in [2.24, 2.45) is 0 Å². The second kappa shape index (κ2) is 6.36. The third kappa shape index (κ3) is 3.20. The van der Waals surface area contributed by atoms with Gasteiger partial charge in [-0.2, -0.15) is 0 Å². The average Bonchev–Trinajstić information content (AvgIpc) is 2.55. The SMILES string of the molecule is Cc1ccc(C2CN(C(=O)c3ccccc3F)C(C)(C)CO2)cc1. The predicted molar refractivity (Wildman–Crippen MR) is 91.4 cm³/mol. The molecule has 1 fully saturated rings. The molecule has 0 saturated carbocycles. The molecule has 4 heteroatoms. The fourth-order valence-corrected chi connectivity index (χ4v) is 2.97. The number of amides is 1. The van der Waals surface area contributed by atoms with E-state index in [1.165, 1.54) is 17.7 Å². The van der Waals surface area contributed by atoms with E-state index in [2.05, 4.69) is 0 Å². The number of nitrogens with zero attached hydrogens (tertiary/aromatic N) is 1. The number of rotatable bonds is 2. The highest BCUT2D eigenvalue weighted by Gasteiger charge is 2.39. The van der Waals surface area contributed by atoms with E-state index in [1.54, 1.807) is 17.0 Å². The van der Waals surface area contributed by atoms with Crippen molar-refractivity contribution in [3.05, 3.63) is 71.0 Å². The Balaban J connectivity index is 1.88. The molecule has 1 saturated heterocycles. The quantitative estimate of drug-likeness (QED) is 0.830. The van der Waals surface area contributed by atoms with Gasteiger partial charge in [-0.3, -0.25) is 4.79 Å². The standard InChI is InChI=1S/C20H22FNO2/c1-14-8-10-15(11-9-14)18-12-22(20(2,3)13-24-18)19(23)16-6-4-5-7-17(16)21/h4-11,18H,12-13H2,1-3H3. The second-order valence-electron chi connectivity index (χ2n) is 6.92. The maximum absolute atomic E-state index is 14.0. The molecule has 2 aromatic carbocycles. The molecule has 2 aromatic rings. The molecular formula is C20H22FNO2. The van der Waals surface area contributed by atoms with Gasteiger partial charge in [0.2, 0.25) is 0 Å². The topological polar surface area (TPSA) is 29.5 Å². The van der Waals surface area contributed by atoms with E-state index in [0.717, 1.165) is 5.56 Å². The average molecular weight is 327 g/mol. The van der Waals surface area contributed by atoms with Crippen molar-refractivity contribution in [3.63, 3.8) is 0 Å². The Kier molecular flexibility index (Phi) is 4.41. The van der Waals surface area contributed by atoms with E-state index in [9.17, 15) is 9.18 Å². The number of morpholine rings is 1. The Bertz CT molecular complexity index is 740. The molecule has 3 rings (SSSR count). The Morgan fingerprint density at radius 1 is 1.17 bits per heavy atom. The van der Waals surface area contributed by atoms with Crippen molar-refractivity contribution in [3.8, 4) is 0 Å². The van der Waals surface area contributed by atoms with Crippen LogP contribution in [0.2, 0.25) is 0 Å². The molecule has 1 amide bonds. The molecule has 0 N–H and O–H groups in total. The van der Waals surface area contributed by atoms with Crippen molar-refractivity contribution in [1.29, 1.82) is 0 Å². The van der Waals surface area contributed by atoms with E-state index in [-0.39, 0.29) is 17.6 Å². The Morgan fingerprint density at radius 3 is 2.50 bits per heavy atom. The third-order valence-electron chi connectivity index (χ3n) is 4.52. The number of halogens is 1. The molecule has 126 valence electrons. The summed E-state index contributed by atoms with van der Waals surface area (Å²) in [5, 5.41) is 0. The van der Waals surface area contributed by atoms with Gasteiger partial charge in [-0.15, -0.1) is 0 Å². The number of carbonyl (C=O) groups excluding carboxylic acids is 1. The molecule has 1 unspecified atom stereocenters. The van der Waals surface area contributed by atoms with Crippen LogP contribution in [0.5, 0.6) is 0 Å². The fourth-order valence-electron chi connectivity index (χ4n) is 2.97. The third-order valence-corrected chi connectivity index (χ3v) is 4.52. The summed E-state index contributed by atoms with van der Waals surface area (Å²) in [7, 11) is 0. The lowest BCUT2D eigenvalue weighted by Crippen LogP contribution is -2.56. The molecule has 1 atom stereocenters. The summed E-state index contributed by atoms with van der Waals surface area (Å²) in [5.74, 6) is -0.782. The number of carbonyl (C=O) groups is 1. The molecule has 3 nitrogen and oxygen atoms in total. The van der Waals surface area contributed by atoms with E-state index in [0.29, 0.717) is 13.2 Å². The van der Waals surface area contributed by atoms with Gasteiger partial charge in [0.15, 0.2) is 0 Å². The van der Waals surface area contributed by atoms with Crippen LogP contribution < -0.4 is 0 Å². The first-order chi connectivity index (χ1) is 11.4. The largest absolute Gasteiger partial charge is 0.369 e. The molecule has 0 radical (unpaired) electrons. The summed E-state index contributed by atoms with van der Waals surface area (Å²) < 4.78 is 20.0. The van der Waals surface area contributed by atoms with E-state index < -0.39 is 11.4 Å². The molecule has 1 aliphatic heterocycles. The lowest BCUT2D eigenvalue weighted by Gasteiger charge is -2.45. The maximum Gasteiger partial charge on any atom is 0.257 e. The van der Waals surface area contributed by atoms with Crippen LogP contribution in [0.15, 0.2) is 48.5 Å². The smallest absolute Gasteiger partial charge is 0.257 e. The van der Waals surface area contributed by atoms with Crippen LogP contribution in [0.1, 0.15) is 41.4 Å². The monoisotopic (exact) mass is 327 g/mol. The molecule has 24 heavy (non-hydrogen) atoms. The first kappa shape index (κ1) is 16.7. The highest BCUT2D eigenvalue weighted by Crippen LogP contribution is 2.32. The number of benzene rings is 2. The van der Waals surface area contributed by atoms with Crippen molar-refractivity contribution in [2.75, 3.05) is 13.2 Å². The fraction of sp³-hybridized carbons (Fsp3) is 0.350. The van der Waals surface area contributed by atoms with Gasteiger partial charge in [0.25, 0.3) is 5.91 Å². The summed E-state index contributed by atoms with van der Waals surface area (Å²) in [4.78, 5) is 14.6. The summed E-state index contributed by atoms with van der Waals surface area (Å²) in [5.41, 5.74) is 1.83. The molecule has 0 spiro atoms. The van der Waals surface area contributed by atoms with Crippen molar-refractivity contribution in [1.82, 2.24) is 4.90 Å². The van der Waals surface area contributed by atoms with Crippen LogP contribution in [-0.2, 0) is 4.74 Å². The van der Waals surface area contributed by atoms with Gasteiger partial charge in [-0.05, 0) is 38.5 Å². The van der Waals surface area contributed by atoms with Gasteiger partial charge in [0, 0.05) is 0 Å². The van der Waals surface area contributed by atoms with E-state index in [4.69, 9.17) is 4.74 Å². The lowest BCUT2D eigenvalue weighted by atomic mass is 9.96. The van der Waals surface area contributed by atoms with Gasteiger partial charge in [0.05, 0.1) is 24.3 Å². The second-order valence-corrected chi connectivity index (χ2v) is 6.92. The summed E-state index contributed by atoms with van der Waals surface area (Å²) >= 11 is 0. The minimum atomic E-state index is -0.489. The van der Waals surface area contributed by atoms with Gasteiger partial charge >= 0.3 is 0 Å². The maximum atomic E-state index is 14.0.